The highest BCUT2D eigenvalue weighted by molar-refractivity contribution is 6.01. The topological polar surface area (TPSA) is 347 Å². The van der Waals surface area contributed by atoms with Crippen molar-refractivity contribution in [2.24, 2.45) is 11.5 Å². The van der Waals surface area contributed by atoms with Gasteiger partial charge >= 0.3 is 0 Å². The second-order valence-electron chi connectivity index (χ2n) is 15.7. The van der Waals surface area contributed by atoms with Crippen molar-refractivity contribution in [2.75, 3.05) is 19.7 Å². The fourth-order valence-electron chi connectivity index (χ4n) is 6.81. The maximum atomic E-state index is 14.0. The van der Waals surface area contributed by atoms with Gasteiger partial charge in [-0.2, -0.15) is 0 Å². The third kappa shape index (κ3) is 21.1. The van der Waals surface area contributed by atoms with Gasteiger partial charge in [-0.15, -0.1) is 0 Å². The van der Waals surface area contributed by atoms with Crippen molar-refractivity contribution in [2.45, 2.75) is 146 Å². The van der Waals surface area contributed by atoms with Crippen LogP contribution in [0.4, 0.5) is 0 Å². The number of phenolic OH excluding ortho intramolecular Hbond substituents is 1. The summed E-state index contributed by atoms with van der Waals surface area (Å²) in [5.74, 6) is -9.71. The molecule has 63 heavy (non-hydrogen) atoms. The standard InChI is InChI=1S/C42H65N9O12/c1-3-4-5-6-7-8-9-10-11-12-17-45-39(60)32-22-36(57)49-33(24-52)42(63)50-30(19-26-13-15-27(54)16-14-26)41(62)51-31(21-35(44)56)40(61)46-23-37(58)48-28(18-25(2)53)38(59)29(47-32)20-34(43)55/h13-16,28-33,47,52,54H,3-12,17-24H2,1-2H3,(H2,43,55)(H2,44,56)(H,45,60)(H,46,61)(H,48,58)(H,49,57)(H,50,63)(H,51,62)/t28-,29-,30+,31+,32-,33+/m0/s1. The van der Waals surface area contributed by atoms with Crippen LogP contribution in [0.25, 0.3) is 0 Å². The monoisotopic (exact) mass is 887 g/mol. The van der Waals surface area contributed by atoms with E-state index < -0.39 is 134 Å². The van der Waals surface area contributed by atoms with Crippen LogP contribution in [0.2, 0.25) is 0 Å². The van der Waals surface area contributed by atoms with Crippen LogP contribution in [0.1, 0.15) is 109 Å². The Kier molecular flexibility index (Phi) is 24.1. The molecule has 1 aliphatic heterocycles. The second kappa shape index (κ2) is 28.6. The predicted octanol–water partition coefficient (Wildman–Crippen LogP) is -1.95. The molecular formula is C42H65N9O12. The number of hydrogen-bond donors (Lipinski definition) is 11. The minimum atomic E-state index is -1.73. The van der Waals surface area contributed by atoms with Gasteiger partial charge in [-0.05, 0) is 31.0 Å². The minimum Gasteiger partial charge on any atom is -0.508 e. The van der Waals surface area contributed by atoms with Crippen molar-refractivity contribution in [3.8, 4) is 5.75 Å². The summed E-state index contributed by atoms with van der Waals surface area (Å²) in [5, 5.41) is 37.0. The number of unbranched alkanes of at least 4 members (excludes halogenated alkanes) is 9. The molecule has 0 aliphatic carbocycles. The third-order valence-corrected chi connectivity index (χ3v) is 10.2. The van der Waals surface area contributed by atoms with E-state index in [2.05, 4.69) is 44.1 Å². The molecular weight excluding hydrogens is 823 g/mol. The largest absolute Gasteiger partial charge is 0.508 e. The molecule has 8 amide bonds. The lowest BCUT2D eigenvalue weighted by Crippen LogP contribution is -2.60. The number of amides is 8. The highest BCUT2D eigenvalue weighted by Crippen LogP contribution is 2.14. The van der Waals surface area contributed by atoms with Crippen LogP contribution in [0.15, 0.2) is 24.3 Å². The number of nitrogens with one attached hydrogen (secondary N) is 7. The quantitative estimate of drug-likeness (QED) is 0.0599. The molecule has 0 spiro atoms. The molecule has 1 aromatic carbocycles. The first kappa shape index (κ1) is 53.2. The van der Waals surface area contributed by atoms with Crippen LogP contribution in [-0.4, -0.2) is 125 Å². The Hall–Kier alpha value is -5.96. The third-order valence-electron chi connectivity index (χ3n) is 10.2. The van der Waals surface area contributed by atoms with Crippen LogP contribution >= 0.6 is 0 Å². The number of nitrogens with two attached hydrogens (primary N) is 2. The SMILES string of the molecule is CCCCCCCCCCCCNC(=O)[C@@H]1CC(=O)N[C@H](CO)C(=O)N[C@H](Cc2ccc(O)cc2)C(=O)N[C@H](CC(N)=O)C(=O)NCC(=O)N[C@@H](CC(C)=O)C(=O)[C@H](CC(N)=O)N1. The van der Waals surface area contributed by atoms with Crippen LogP contribution < -0.4 is 48.7 Å². The molecule has 0 unspecified atom stereocenters. The number of primary amides is 2. The molecule has 21 nitrogen and oxygen atoms in total. The van der Waals surface area contributed by atoms with Crippen LogP contribution in [-0.2, 0) is 54.4 Å². The summed E-state index contributed by atoms with van der Waals surface area (Å²) < 4.78 is 0. The number of aliphatic hydroxyl groups is 1. The number of Topliss-reactive ketones (excluding diaryl/α,β-unsaturated/α-hetero) is 2. The van der Waals surface area contributed by atoms with Crippen molar-refractivity contribution in [1.82, 2.24) is 37.2 Å². The molecule has 0 aromatic heterocycles. The van der Waals surface area contributed by atoms with Gasteiger partial charge in [-0.1, -0.05) is 76.8 Å². The second-order valence-corrected chi connectivity index (χ2v) is 15.7. The van der Waals surface area contributed by atoms with Crippen LogP contribution in [0, 0.1) is 0 Å². The van der Waals surface area contributed by atoms with Gasteiger partial charge in [0.05, 0.1) is 44.1 Å². The fraction of sp³-hybridized carbons (Fsp3) is 0.619. The molecule has 2 rings (SSSR count). The minimum absolute atomic E-state index is 0.105. The zero-order valence-corrected chi connectivity index (χ0v) is 36.1. The summed E-state index contributed by atoms with van der Waals surface area (Å²) in [6, 6.07) is -4.32. The van der Waals surface area contributed by atoms with E-state index in [4.69, 9.17) is 11.5 Å². The molecule has 1 heterocycles. The van der Waals surface area contributed by atoms with Gasteiger partial charge in [0.1, 0.15) is 29.7 Å². The van der Waals surface area contributed by atoms with E-state index in [1.165, 1.54) is 49.9 Å². The number of ketones is 2. The number of hydrogen-bond acceptors (Lipinski definition) is 13. The summed E-state index contributed by atoms with van der Waals surface area (Å²) in [6.07, 6.45) is 7.24. The molecule has 0 radical (unpaired) electrons. The first-order chi connectivity index (χ1) is 29.9. The first-order valence-electron chi connectivity index (χ1n) is 21.4. The smallest absolute Gasteiger partial charge is 0.245 e. The number of phenols is 1. The van der Waals surface area contributed by atoms with Crippen molar-refractivity contribution >= 4 is 58.8 Å². The number of rotatable bonds is 21. The average molecular weight is 888 g/mol. The maximum Gasteiger partial charge on any atom is 0.245 e. The van der Waals surface area contributed by atoms with E-state index in [1.807, 2.05) is 0 Å². The highest BCUT2D eigenvalue weighted by Gasteiger charge is 2.36. The van der Waals surface area contributed by atoms with Gasteiger partial charge in [0.15, 0.2) is 5.78 Å². The number of benzene rings is 1. The zero-order chi connectivity index (χ0) is 46.9. The molecule has 21 heteroatoms. The van der Waals surface area contributed by atoms with Gasteiger partial charge < -0.3 is 53.6 Å². The van der Waals surface area contributed by atoms with Gasteiger partial charge in [-0.25, -0.2) is 0 Å². The van der Waals surface area contributed by atoms with Crippen molar-refractivity contribution in [3.05, 3.63) is 29.8 Å². The predicted molar refractivity (Wildman–Crippen MR) is 228 cm³/mol. The first-order valence-corrected chi connectivity index (χ1v) is 21.4. The molecule has 0 saturated carbocycles. The van der Waals surface area contributed by atoms with Gasteiger partial charge in [-0.3, -0.25) is 53.3 Å². The molecule has 1 fully saturated rings. The van der Waals surface area contributed by atoms with Gasteiger partial charge in [0.2, 0.25) is 47.3 Å². The van der Waals surface area contributed by atoms with Crippen LogP contribution in [0.5, 0.6) is 5.75 Å². The molecule has 13 N–H and O–H groups in total. The van der Waals surface area contributed by atoms with Crippen molar-refractivity contribution < 1.29 is 58.2 Å². The summed E-state index contributed by atoms with van der Waals surface area (Å²) in [6.45, 7) is 1.62. The van der Waals surface area contributed by atoms with E-state index in [9.17, 15) is 58.2 Å². The Labute approximate surface area is 366 Å². The molecule has 350 valence electrons. The number of carbonyl (C=O) groups excluding carboxylic acids is 10. The lowest BCUT2D eigenvalue weighted by Gasteiger charge is -2.28. The Bertz CT molecular complexity index is 1740. The average Bonchev–Trinajstić information content (AvgIpc) is 3.22. The molecule has 6 atom stereocenters. The summed E-state index contributed by atoms with van der Waals surface area (Å²) >= 11 is 0. The van der Waals surface area contributed by atoms with E-state index in [-0.39, 0.29) is 18.7 Å². The summed E-state index contributed by atoms with van der Waals surface area (Å²) in [7, 11) is 0. The van der Waals surface area contributed by atoms with E-state index >= 15 is 0 Å². The summed E-state index contributed by atoms with van der Waals surface area (Å²) in [5.41, 5.74) is 11.2. The lowest BCUT2D eigenvalue weighted by molar-refractivity contribution is -0.136. The lowest BCUT2D eigenvalue weighted by atomic mass is 9.96. The van der Waals surface area contributed by atoms with Gasteiger partial charge in [0, 0.05) is 25.8 Å². The van der Waals surface area contributed by atoms with Crippen LogP contribution in [0.3, 0.4) is 0 Å². The summed E-state index contributed by atoms with van der Waals surface area (Å²) in [4.78, 5) is 132. The van der Waals surface area contributed by atoms with Crippen molar-refractivity contribution in [1.29, 1.82) is 0 Å². The molecule has 1 aromatic rings. The zero-order valence-electron chi connectivity index (χ0n) is 36.1. The molecule has 1 aliphatic rings. The Morgan fingerprint density at radius 2 is 1.21 bits per heavy atom. The Morgan fingerprint density at radius 3 is 1.78 bits per heavy atom. The van der Waals surface area contributed by atoms with E-state index in [1.54, 1.807) is 0 Å². The maximum absolute atomic E-state index is 14.0. The highest BCUT2D eigenvalue weighted by atomic mass is 16.3. The van der Waals surface area contributed by atoms with Gasteiger partial charge in [0.25, 0.3) is 0 Å². The van der Waals surface area contributed by atoms with E-state index in [0.717, 1.165) is 39.0 Å². The Morgan fingerprint density at radius 1 is 0.667 bits per heavy atom. The number of carbonyl (C=O) groups is 10. The fourth-order valence-corrected chi connectivity index (χ4v) is 6.81. The Balaban J connectivity index is 2.49. The molecule has 1 saturated heterocycles. The number of aromatic hydroxyl groups is 1. The normalized spacial score (nSPS) is 22.1. The van der Waals surface area contributed by atoms with Crippen molar-refractivity contribution in [3.63, 3.8) is 0 Å². The molecule has 0 bridgehead atoms. The van der Waals surface area contributed by atoms with E-state index in [0.29, 0.717) is 12.0 Å². The number of aliphatic hydroxyl groups excluding tert-OH is 1.